The Kier molecular flexibility index (Phi) is 5.45. The average molecular weight is 408 g/mol. The fraction of sp³-hybridized carbons (Fsp3) is 0.381. The predicted molar refractivity (Wildman–Crippen MR) is 114 cm³/mol. The van der Waals surface area contributed by atoms with Crippen molar-refractivity contribution >= 4 is 22.4 Å². The number of pyridine rings is 1. The number of hydrogen-bond acceptors (Lipinski definition) is 8. The lowest BCUT2D eigenvalue weighted by molar-refractivity contribution is -0.385. The number of ether oxygens (including phenoxy) is 1. The SMILES string of the molecule is Cc1ccc2cccc(Oc3ncnc(N(C)C4CCN(C)CC4)c3[N+](=O)[O-])c2n1. The molecule has 0 atom stereocenters. The first-order valence-corrected chi connectivity index (χ1v) is 9.89. The number of fused-ring (bicyclic) bond motifs is 1. The van der Waals surface area contributed by atoms with E-state index in [2.05, 4.69) is 26.9 Å². The third-order valence-corrected chi connectivity index (χ3v) is 5.55. The van der Waals surface area contributed by atoms with Crippen LogP contribution < -0.4 is 9.64 Å². The van der Waals surface area contributed by atoms with Gasteiger partial charge in [-0.15, -0.1) is 0 Å². The number of aryl methyl sites for hydroxylation is 1. The van der Waals surface area contributed by atoms with Crippen LogP contribution in [-0.4, -0.2) is 58.0 Å². The van der Waals surface area contributed by atoms with Crippen molar-refractivity contribution in [1.29, 1.82) is 0 Å². The lowest BCUT2D eigenvalue weighted by Crippen LogP contribution is -2.42. The average Bonchev–Trinajstić information content (AvgIpc) is 2.74. The van der Waals surface area contributed by atoms with Crippen molar-refractivity contribution < 1.29 is 9.66 Å². The number of piperidine rings is 1. The second-order valence-corrected chi connectivity index (χ2v) is 7.64. The van der Waals surface area contributed by atoms with Crippen LogP contribution in [0.15, 0.2) is 36.7 Å². The molecule has 0 bridgehead atoms. The maximum Gasteiger partial charge on any atom is 0.373 e. The van der Waals surface area contributed by atoms with Gasteiger partial charge in [-0.3, -0.25) is 10.1 Å². The van der Waals surface area contributed by atoms with Crippen molar-refractivity contribution in [1.82, 2.24) is 19.9 Å². The molecule has 1 fully saturated rings. The molecule has 0 spiro atoms. The van der Waals surface area contributed by atoms with Crippen LogP contribution >= 0.6 is 0 Å². The molecule has 1 aliphatic heterocycles. The number of nitro groups is 1. The van der Waals surface area contributed by atoms with Crippen LogP contribution in [0.5, 0.6) is 11.6 Å². The highest BCUT2D eigenvalue weighted by Gasteiger charge is 2.31. The van der Waals surface area contributed by atoms with Crippen molar-refractivity contribution in [3.63, 3.8) is 0 Å². The van der Waals surface area contributed by atoms with Crippen molar-refractivity contribution in [3.05, 3.63) is 52.5 Å². The molecule has 0 amide bonds. The second kappa shape index (κ2) is 8.19. The molecule has 0 radical (unpaired) electrons. The van der Waals surface area contributed by atoms with E-state index in [1.54, 1.807) is 6.07 Å². The summed E-state index contributed by atoms with van der Waals surface area (Å²) in [6, 6.07) is 9.51. The number of benzene rings is 1. The number of para-hydroxylation sites is 1. The molecule has 1 saturated heterocycles. The first-order chi connectivity index (χ1) is 14.4. The van der Waals surface area contributed by atoms with Crippen molar-refractivity contribution in [2.24, 2.45) is 0 Å². The van der Waals surface area contributed by atoms with E-state index >= 15 is 0 Å². The molecule has 0 N–H and O–H groups in total. The van der Waals surface area contributed by atoms with Gasteiger partial charge in [0, 0.05) is 24.2 Å². The molecule has 30 heavy (non-hydrogen) atoms. The molecule has 1 aliphatic rings. The Morgan fingerprint density at radius 1 is 1.20 bits per heavy atom. The quantitative estimate of drug-likeness (QED) is 0.467. The lowest BCUT2D eigenvalue weighted by Gasteiger charge is -2.35. The number of likely N-dealkylation sites (tertiary alicyclic amines) is 1. The summed E-state index contributed by atoms with van der Waals surface area (Å²) < 4.78 is 5.94. The Bertz CT molecular complexity index is 1080. The third-order valence-electron chi connectivity index (χ3n) is 5.55. The van der Waals surface area contributed by atoms with E-state index in [4.69, 9.17) is 4.74 Å². The van der Waals surface area contributed by atoms with Gasteiger partial charge in [0.15, 0.2) is 5.75 Å². The number of nitrogens with zero attached hydrogens (tertiary/aromatic N) is 6. The fourth-order valence-electron chi connectivity index (χ4n) is 3.81. The molecule has 9 heteroatoms. The summed E-state index contributed by atoms with van der Waals surface area (Å²) in [5, 5.41) is 12.9. The summed E-state index contributed by atoms with van der Waals surface area (Å²) in [4.78, 5) is 28.5. The number of rotatable bonds is 5. The van der Waals surface area contributed by atoms with E-state index in [1.165, 1.54) is 6.33 Å². The van der Waals surface area contributed by atoms with Crippen molar-refractivity contribution in [2.45, 2.75) is 25.8 Å². The van der Waals surface area contributed by atoms with Crippen LogP contribution in [0, 0.1) is 17.0 Å². The van der Waals surface area contributed by atoms with E-state index in [9.17, 15) is 10.1 Å². The van der Waals surface area contributed by atoms with E-state index in [1.807, 2.05) is 43.1 Å². The molecular weight excluding hydrogens is 384 g/mol. The fourth-order valence-corrected chi connectivity index (χ4v) is 3.81. The molecule has 1 aromatic carbocycles. The summed E-state index contributed by atoms with van der Waals surface area (Å²) in [6.07, 6.45) is 3.14. The van der Waals surface area contributed by atoms with Gasteiger partial charge in [0.25, 0.3) is 0 Å². The van der Waals surface area contributed by atoms with E-state index in [0.29, 0.717) is 11.3 Å². The van der Waals surface area contributed by atoms with Crippen LogP contribution in [-0.2, 0) is 0 Å². The highest BCUT2D eigenvalue weighted by Crippen LogP contribution is 2.38. The van der Waals surface area contributed by atoms with Gasteiger partial charge in [0.1, 0.15) is 11.8 Å². The summed E-state index contributed by atoms with van der Waals surface area (Å²) in [5.41, 5.74) is 1.23. The van der Waals surface area contributed by atoms with Crippen molar-refractivity contribution in [2.75, 3.05) is 32.1 Å². The molecule has 3 aromatic rings. The monoisotopic (exact) mass is 408 g/mol. The van der Waals surface area contributed by atoms with Gasteiger partial charge in [-0.1, -0.05) is 18.2 Å². The predicted octanol–water partition coefficient (Wildman–Crippen LogP) is 3.56. The summed E-state index contributed by atoms with van der Waals surface area (Å²) in [7, 11) is 3.92. The molecule has 3 heterocycles. The minimum atomic E-state index is -0.472. The first-order valence-electron chi connectivity index (χ1n) is 9.89. The molecule has 0 aliphatic carbocycles. The number of hydrogen-bond donors (Lipinski definition) is 0. The zero-order chi connectivity index (χ0) is 21.3. The largest absolute Gasteiger partial charge is 0.431 e. The van der Waals surface area contributed by atoms with Gasteiger partial charge in [0.2, 0.25) is 5.82 Å². The highest BCUT2D eigenvalue weighted by atomic mass is 16.6. The van der Waals surface area contributed by atoms with Crippen molar-refractivity contribution in [3.8, 4) is 11.6 Å². The molecule has 2 aromatic heterocycles. The Labute approximate surface area is 174 Å². The molecule has 4 rings (SSSR count). The highest BCUT2D eigenvalue weighted by molar-refractivity contribution is 5.85. The number of aromatic nitrogens is 3. The van der Waals surface area contributed by atoms with Crippen LogP contribution in [0.1, 0.15) is 18.5 Å². The molecular formula is C21H24N6O3. The second-order valence-electron chi connectivity index (χ2n) is 7.64. The van der Waals surface area contributed by atoms with Gasteiger partial charge < -0.3 is 14.5 Å². The van der Waals surface area contributed by atoms with Crippen LogP contribution in [0.4, 0.5) is 11.5 Å². The third kappa shape index (κ3) is 3.88. The number of anilines is 1. The summed E-state index contributed by atoms with van der Waals surface area (Å²) >= 11 is 0. The van der Waals surface area contributed by atoms with Crippen LogP contribution in [0.25, 0.3) is 10.9 Å². The normalized spacial score (nSPS) is 15.3. The van der Waals surface area contributed by atoms with Crippen LogP contribution in [0.2, 0.25) is 0 Å². The standard InChI is InChI=1S/C21H24N6O3/c1-14-7-8-15-5-4-6-17(18(15)24-14)30-21-19(27(28)29)20(22-13-23-21)26(3)16-9-11-25(2)12-10-16/h4-8,13,16H,9-12H2,1-3H3. The Hall–Kier alpha value is -3.33. The zero-order valence-corrected chi connectivity index (χ0v) is 17.3. The molecule has 9 nitrogen and oxygen atoms in total. The molecule has 0 unspecified atom stereocenters. The van der Waals surface area contributed by atoms with Gasteiger partial charge in [0.05, 0.1) is 4.92 Å². The lowest BCUT2D eigenvalue weighted by atomic mass is 10.0. The Balaban J connectivity index is 1.72. The zero-order valence-electron chi connectivity index (χ0n) is 17.3. The minimum Gasteiger partial charge on any atom is -0.431 e. The van der Waals surface area contributed by atoms with Gasteiger partial charge in [-0.05, 0) is 52.0 Å². The topological polar surface area (TPSA) is 97.5 Å². The Morgan fingerprint density at radius 3 is 2.70 bits per heavy atom. The summed E-state index contributed by atoms with van der Waals surface area (Å²) in [5.74, 6) is 0.607. The van der Waals surface area contributed by atoms with Gasteiger partial charge >= 0.3 is 11.6 Å². The Morgan fingerprint density at radius 2 is 1.97 bits per heavy atom. The minimum absolute atomic E-state index is 0.0828. The first kappa shape index (κ1) is 20.0. The van der Waals surface area contributed by atoms with Crippen LogP contribution in [0.3, 0.4) is 0 Å². The van der Waals surface area contributed by atoms with E-state index in [-0.39, 0.29) is 23.4 Å². The summed E-state index contributed by atoms with van der Waals surface area (Å²) in [6.45, 7) is 3.77. The maximum absolute atomic E-state index is 12.0. The maximum atomic E-state index is 12.0. The molecule has 156 valence electrons. The van der Waals surface area contributed by atoms with E-state index in [0.717, 1.165) is 37.0 Å². The smallest absolute Gasteiger partial charge is 0.373 e. The van der Waals surface area contributed by atoms with E-state index < -0.39 is 4.92 Å². The molecule has 0 saturated carbocycles. The van der Waals surface area contributed by atoms with Gasteiger partial charge in [-0.25, -0.2) is 9.97 Å². The van der Waals surface area contributed by atoms with Gasteiger partial charge in [-0.2, -0.15) is 4.98 Å².